The van der Waals surface area contributed by atoms with Crippen molar-refractivity contribution in [3.8, 4) is 5.75 Å². The van der Waals surface area contributed by atoms with Crippen molar-refractivity contribution in [2.75, 3.05) is 13.7 Å². The highest BCUT2D eigenvalue weighted by Crippen LogP contribution is 2.49. The Bertz CT molecular complexity index is 658. The fraction of sp³-hybridized carbons (Fsp3) is 0.652. The summed E-state index contributed by atoms with van der Waals surface area (Å²) in [5.74, 6) is -0.532. The molecule has 2 saturated carbocycles. The SMILES string of the molecule is CNC(=O)C(CC(=O)O)c1ccc(OCC2CCCC3(CCCCC3)C2)cc1. The van der Waals surface area contributed by atoms with E-state index in [0.29, 0.717) is 16.9 Å². The Kier molecular flexibility index (Phi) is 6.97. The van der Waals surface area contributed by atoms with Crippen LogP contribution >= 0.6 is 0 Å². The molecule has 5 nitrogen and oxygen atoms in total. The summed E-state index contributed by atoms with van der Waals surface area (Å²) in [5, 5.41) is 11.6. The highest BCUT2D eigenvalue weighted by Gasteiger charge is 2.37. The molecule has 0 radical (unpaired) electrons. The van der Waals surface area contributed by atoms with Crippen LogP contribution in [0.5, 0.6) is 5.75 Å². The minimum Gasteiger partial charge on any atom is -0.493 e. The van der Waals surface area contributed by atoms with Gasteiger partial charge in [-0.3, -0.25) is 9.59 Å². The van der Waals surface area contributed by atoms with Gasteiger partial charge in [0.25, 0.3) is 0 Å². The minimum atomic E-state index is -0.983. The molecule has 1 aromatic carbocycles. The van der Waals surface area contributed by atoms with E-state index in [1.807, 2.05) is 24.3 Å². The molecule has 0 bridgehead atoms. The first-order valence-corrected chi connectivity index (χ1v) is 10.7. The monoisotopic (exact) mass is 387 g/mol. The van der Waals surface area contributed by atoms with Crippen LogP contribution in [-0.2, 0) is 9.59 Å². The van der Waals surface area contributed by atoms with Gasteiger partial charge >= 0.3 is 5.97 Å². The lowest BCUT2D eigenvalue weighted by Crippen LogP contribution is -2.33. The van der Waals surface area contributed by atoms with Crippen molar-refractivity contribution in [1.82, 2.24) is 5.32 Å². The van der Waals surface area contributed by atoms with Gasteiger partial charge in [-0.15, -0.1) is 0 Å². The zero-order valence-electron chi connectivity index (χ0n) is 16.9. The number of aliphatic carboxylic acids is 1. The van der Waals surface area contributed by atoms with Gasteiger partial charge in [-0.2, -0.15) is 0 Å². The topological polar surface area (TPSA) is 75.6 Å². The van der Waals surface area contributed by atoms with Gasteiger partial charge < -0.3 is 15.2 Å². The summed E-state index contributed by atoms with van der Waals surface area (Å²) in [4.78, 5) is 23.1. The van der Waals surface area contributed by atoms with Crippen LogP contribution in [0.25, 0.3) is 0 Å². The number of nitrogens with one attached hydrogen (secondary N) is 1. The van der Waals surface area contributed by atoms with Crippen LogP contribution in [0.1, 0.15) is 75.7 Å². The summed E-state index contributed by atoms with van der Waals surface area (Å²) in [6.07, 6.45) is 12.0. The van der Waals surface area contributed by atoms with Gasteiger partial charge in [-0.1, -0.05) is 37.8 Å². The third-order valence-electron chi connectivity index (χ3n) is 6.67. The molecular formula is C23H33NO4. The molecule has 2 unspecified atom stereocenters. The number of likely N-dealkylation sites (N-methyl/N-ethyl adjacent to an activating group) is 1. The number of carbonyl (C=O) groups is 2. The average Bonchev–Trinajstić information content (AvgIpc) is 2.71. The normalized spacial score (nSPS) is 22.4. The van der Waals surface area contributed by atoms with Crippen LogP contribution in [-0.4, -0.2) is 30.6 Å². The molecule has 0 saturated heterocycles. The van der Waals surface area contributed by atoms with Crippen molar-refractivity contribution < 1.29 is 19.4 Å². The van der Waals surface area contributed by atoms with Crippen LogP contribution in [0, 0.1) is 11.3 Å². The van der Waals surface area contributed by atoms with Crippen LogP contribution in [0.4, 0.5) is 0 Å². The van der Waals surface area contributed by atoms with Gasteiger partial charge in [-0.05, 0) is 61.1 Å². The van der Waals surface area contributed by atoms with Crippen LogP contribution in [0.3, 0.4) is 0 Å². The zero-order valence-corrected chi connectivity index (χ0v) is 16.9. The minimum absolute atomic E-state index is 0.218. The van der Waals surface area contributed by atoms with Crippen molar-refractivity contribution >= 4 is 11.9 Å². The van der Waals surface area contributed by atoms with Crippen LogP contribution in [0.2, 0.25) is 0 Å². The molecule has 28 heavy (non-hydrogen) atoms. The first-order valence-electron chi connectivity index (χ1n) is 10.7. The lowest BCUT2D eigenvalue weighted by atomic mass is 9.63. The molecule has 5 heteroatoms. The maximum Gasteiger partial charge on any atom is 0.304 e. The smallest absolute Gasteiger partial charge is 0.304 e. The van der Waals surface area contributed by atoms with E-state index in [0.717, 1.165) is 12.4 Å². The first-order chi connectivity index (χ1) is 13.5. The lowest BCUT2D eigenvalue weighted by molar-refractivity contribution is -0.139. The number of carboxylic acids is 1. The maximum atomic E-state index is 12.0. The second-order valence-corrected chi connectivity index (χ2v) is 8.67. The molecule has 2 fully saturated rings. The lowest BCUT2D eigenvalue weighted by Gasteiger charge is -2.43. The predicted molar refractivity (Wildman–Crippen MR) is 108 cm³/mol. The number of carboxylic acid groups (broad SMARTS) is 1. The molecule has 0 aliphatic heterocycles. The summed E-state index contributed by atoms with van der Waals surface area (Å²) < 4.78 is 6.07. The average molecular weight is 388 g/mol. The summed E-state index contributed by atoms with van der Waals surface area (Å²) in [6.45, 7) is 0.745. The standard InChI is InChI=1S/C23H33NO4/c1-24-22(27)20(14-21(25)26)18-7-9-19(10-8-18)28-16-17-6-5-13-23(15-17)11-3-2-4-12-23/h7-10,17,20H,2-6,11-16H2,1H3,(H,24,27)(H,25,26). The van der Waals surface area contributed by atoms with Crippen molar-refractivity contribution in [1.29, 1.82) is 0 Å². The number of benzene rings is 1. The Morgan fingerprint density at radius 3 is 2.46 bits per heavy atom. The van der Waals surface area contributed by atoms with Crippen molar-refractivity contribution in [3.05, 3.63) is 29.8 Å². The van der Waals surface area contributed by atoms with Crippen molar-refractivity contribution in [2.24, 2.45) is 11.3 Å². The van der Waals surface area contributed by atoms with Crippen molar-refractivity contribution in [2.45, 2.75) is 70.1 Å². The number of amides is 1. The van der Waals surface area contributed by atoms with E-state index >= 15 is 0 Å². The fourth-order valence-corrected chi connectivity index (χ4v) is 5.20. The Morgan fingerprint density at radius 1 is 1.14 bits per heavy atom. The predicted octanol–water partition coefficient (Wildman–Crippen LogP) is 4.51. The number of ether oxygens (including phenoxy) is 1. The second-order valence-electron chi connectivity index (χ2n) is 8.67. The van der Waals surface area contributed by atoms with E-state index in [2.05, 4.69) is 5.32 Å². The van der Waals surface area contributed by atoms with E-state index in [1.54, 1.807) is 0 Å². The van der Waals surface area contributed by atoms with E-state index < -0.39 is 11.9 Å². The molecule has 3 rings (SSSR count). The Labute approximate surface area is 167 Å². The number of carbonyl (C=O) groups excluding carboxylic acids is 1. The van der Waals surface area contributed by atoms with Crippen LogP contribution in [0.15, 0.2) is 24.3 Å². The second kappa shape index (κ2) is 9.44. The summed E-state index contributed by atoms with van der Waals surface area (Å²) >= 11 is 0. The van der Waals surface area contributed by atoms with E-state index in [-0.39, 0.29) is 12.3 Å². The van der Waals surface area contributed by atoms with Gasteiger partial charge in [0, 0.05) is 7.05 Å². The zero-order chi connectivity index (χ0) is 20.0. The third-order valence-corrected chi connectivity index (χ3v) is 6.67. The molecule has 2 atom stereocenters. The summed E-state index contributed by atoms with van der Waals surface area (Å²) in [5.41, 5.74) is 1.28. The third kappa shape index (κ3) is 5.27. The molecule has 2 aliphatic rings. The first kappa shape index (κ1) is 20.7. The summed E-state index contributed by atoms with van der Waals surface area (Å²) in [7, 11) is 1.53. The molecule has 0 heterocycles. The van der Waals surface area contributed by atoms with E-state index in [4.69, 9.17) is 9.84 Å². The Morgan fingerprint density at radius 2 is 1.82 bits per heavy atom. The largest absolute Gasteiger partial charge is 0.493 e. The number of rotatable bonds is 7. The van der Waals surface area contributed by atoms with Crippen molar-refractivity contribution in [3.63, 3.8) is 0 Å². The highest BCUT2D eigenvalue weighted by molar-refractivity contribution is 5.87. The van der Waals surface area contributed by atoms with Gasteiger partial charge in [0.2, 0.25) is 5.91 Å². The molecule has 2 aliphatic carbocycles. The van der Waals surface area contributed by atoms with Gasteiger partial charge in [-0.25, -0.2) is 0 Å². The molecule has 0 aromatic heterocycles. The quantitative estimate of drug-likeness (QED) is 0.722. The summed E-state index contributed by atoms with van der Waals surface area (Å²) in [6, 6.07) is 7.32. The Balaban J connectivity index is 1.56. The molecule has 1 amide bonds. The Hall–Kier alpha value is -2.04. The van der Waals surface area contributed by atoms with E-state index in [9.17, 15) is 9.59 Å². The van der Waals surface area contributed by atoms with Gasteiger partial charge in [0.1, 0.15) is 5.75 Å². The number of hydrogen-bond donors (Lipinski definition) is 2. The van der Waals surface area contributed by atoms with Gasteiger partial charge in [0.15, 0.2) is 0 Å². The van der Waals surface area contributed by atoms with Crippen LogP contribution < -0.4 is 10.1 Å². The molecule has 154 valence electrons. The molecule has 2 N–H and O–H groups in total. The molecular weight excluding hydrogens is 354 g/mol. The maximum absolute atomic E-state index is 12.0. The van der Waals surface area contributed by atoms with Gasteiger partial charge in [0.05, 0.1) is 18.9 Å². The molecule has 1 spiro atoms. The molecule has 1 aromatic rings. The fourth-order valence-electron chi connectivity index (χ4n) is 5.20. The highest BCUT2D eigenvalue weighted by atomic mass is 16.5. The van der Waals surface area contributed by atoms with E-state index in [1.165, 1.54) is 64.8 Å². The number of hydrogen-bond acceptors (Lipinski definition) is 3.